The Hall–Kier alpha value is -1.35. The standard InChI is InChI=1S/C15H23NO2/c1-11(2)8-12(10-16)9-15(17)13-4-6-14(18-3)7-5-13/h4-7,11-12H,8-10,16H2,1-3H3. The third kappa shape index (κ3) is 4.49. The van der Waals surface area contributed by atoms with Crippen molar-refractivity contribution < 1.29 is 9.53 Å². The third-order valence-electron chi connectivity index (χ3n) is 3.02. The highest BCUT2D eigenvalue weighted by Crippen LogP contribution is 2.18. The van der Waals surface area contributed by atoms with E-state index < -0.39 is 0 Å². The topological polar surface area (TPSA) is 52.3 Å². The molecule has 1 aromatic carbocycles. The highest BCUT2D eigenvalue weighted by atomic mass is 16.5. The molecule has 100 valence electrons. The Morgan fingerprint density at radius 2 is 1.89 bits per heavy atom. The first-order valence-electron chi connectivity index (χ1n) is 6.44. The van der Waals surface area contributed by atoms with Crippen molar-refractivity contribution in [3.8, 4) is 5.75 Å². The lowest BCUT2D eigenvalue weighted by Crippen LogP contribution is -2.20. The van der Waals surface area contributed by atoms with Gasteiger partial charge in [0.05, 0.1) is 7.11 Å². The lowest BCUT2D eigenvalue weighted by Gasteiger charge is -2.16. The average Bonchev–Trinajstić information content (AvgIpc) is 2.37. The summed E-state index contributed by atoms with van der Waals surface area (Å²) in [4.78, 5) is 12.1. The maximum absolute atomic E-state index is 12.1. The van der Waals surface area contributed by atoms with Crippen LogP contribution in [-0.2, 0) is 0 Å². The molecule has 0 bridgehead atoms. The molecule has 1 atom stereocenters. The van der Waals surface area contributed by atoms with E-state index in [0.717, 1.165) is 17.7 Å². The molecule has 1 aromatic rings. The van der Waals surface area contributed by atoms with Gasteiger partial charge in [-0.15, -0.1) is 0 Å². The highest BCUT2D eigenvalue weighted by Gasteiger charge is 2.15. The van der Waals surface area contributed by atoms with Crippen molar-refractivity contribution in [1.82, 2.24) is 0 Å². The lowest BCUT2D eigenvalue weighted by molar-refractivity contribution is 0.0957. The first kappa shape index (κ1) is 14.7. The molecule has 0 aliphatic heterocycles. The number of ketones is 1. The molecule has 0 heterocycles. The molecule has 0 fully saturated rings. The zero-order valence-corrected chi connectivity index (χ0v) is 11.5. The summed E-state index contributed by atoms with van der Waals surface area (Å²) in [5, 5.41) is 0. The molecule has 0 aliphatic carbocycles. The van der Waals surface area contributed by atoms with Crippen LogP contribution in [0, 0.1) is 11.8 Å². The number of nitrogens with two attached hydrogens (primary N) is 1. The summed E-state index contributed by atoms with van der Waals surface area (Å²) in [6.45, 7) is 4.88. The Balaban J connectivity index is 2.62. The number of methoxy groups -OCH3 is 1. The van der Waals surface area contributed by atoms with E-state index in [2.05, 4.69) is 13.8 Å². The van der Waals surface area contributed by atoms with E-state index in [-0.39, 0.29) is 11.7 Å². The maximum Gasteiger partial charge on any atom is 0.163 e. The zero-order valence-electron chi connectivity index (χ0n) is 11.5. The minimum atomic E-state index is 0.161. The van der Waals surface area contributed by atoms with Gasteiger partial charge >= 0.3 is 0 Å². The van der Waals surface area contributed by atoms with Crippen molar-refractivity contribution in [2.75, 3.05) is 13.7 Å². The normalized spacial score (nSPS) is 12.5. The lowest BCUT2D eigenvalue weighted by atomic mass is 9.91. The molecule has 0 aliphatic rings. The van der Waals surface area contributed by atoms with Crippen LogP contribution in [0.4, 0.5) is 0 Å². The summed E-state index contributed by atoms with van der Waals surface area (Å²) in [5.74, 6) is 1.78. The average molecular weight is 249 g/mol. The van der Waals surface area contributed by atoms with E-state index in [1.54, 1.807) is 7.11 Å². The van der Waals surface area contributed by atoms with Gasteiger partial charge in [-0.05, 0) is 49.1 Å². The first-order chi connectivity index (χ1) is 8.56. The minimum absolute atomic E-state index is 0.161. The van der Waals surface area contributed by atoms with Crippen molar-refractivity contribution in [3.05, 3.63) is 29.8 Å². The zero-order chi connectivity index (χ0) is 13.5. The van der Waals surface area contributed by atoms with Gasteiger partial charge in [0, 0.05) is 12.0 Å². The highest BCUT2D eigenvalue weighted by molar-refractivity contribution is 5.96. The second-order valence-electron chi connectivity index (χ2n) is 5.09. The second-order valence-corrected chi connectivity index (χ2v) is 5.09. The van der Waals surface area contributed by atoms with Crippen molar-refractivity contribution in [1.29, 1.82) is 0 Å². The Morgan fingerprint density at radius 1 is 1.28 bits per heavy atom. The van der Waals surface area contributed by atoms with Gasteiger partial charge in [0.25, 0.3) is 0 Å². The van der Waals surface area contributed by atoms with Crippen LogP contribution in [-0.4, -0.2) is 19.4 Å². The largest absolute Gasteiger partial charge is 0.497 e. The summed E-state index contributed by atoms with van der Waals surface area (Å²) < 4.78 is 5.07. The number of hydrogen-bond acceptors (Lipinski definition) is 3. The van der Waals surface area contributed by atoms with Crippen molar-refractivity contribution in [2.45, 2.75) is 26.7 Å². The van der Waals surface area contributed by atoms with Gasteiger partial charge in [-0.1, -0.05) is 13.8 Å². The van der Waals surface area contributed by atoms with Gasteiger partial charge in [-0.3, -0.25) is 4.79 Å². The molecule has 0 saturated heterocycles. The number of hydrogen-bond donors (Lipinski definition) is 1. The molecule has 18 heavy (non-hydrogen) atoms. The molecule has 0 saturated carbocycles. The van der Waals surface area contributed by atoms with Crippen LogP contribution in [0.2, 0.25) is 0 Å². The number of ether oxygens (including phenoxy) is 1. The van der Waals surface area contributed by atoms with Gasteiger partial charge < -0.3 is 10.5 Å². The quantitative estimate of drug-likeness (QED) is 0.756. The summed E-state index contributed by atoms with van der Waals surface area (Å²) in [6, 6.07) is 7.24. The van der Waals surface area contributed by atoms with Crippen LogP contribution in [0.25, 0.3) is 0 Å². The van der Waals surface area contributed by atoms with Crippen molar-refractivity contribution in [2.24, 2.45) is 17.6 Å². The molecular formula is C15H23NO2. The van der Waals surface area contributed by atoms with E-state index in [0.29, 0.717) is 18.9 Å². The molecule has 0 spiro atoms. The smallest absolute Gasteiger partial charge is 0.163 e. The van der Waals surface area contributed by atoms with E-state index in [1.165, 1.54) is 0 Å². The summed E-state index contributed by atoms with van der Waals surface area (Å²) in [7, 11) is 1.61. The SMILES string of the molecule is COc1ccc(C(=O)CC(CN)CC(C)C)cc1. The maximum atomic E-state index is 12.1. The van der Waals surface area contributed by atoms with Gasteiger partial charge in [-0.25, -0.2) is 0 Å². The number of benzene rings is 1. The van der Waals surface area contributed by atoms with Crippen LogP contribution in [0.3, 0.4) is 0 Å². The molecule has 1 rings (SSSR count). The predicted octanol–water partition coefficient (Wildman–Crippen LogP) is 2.89. The Labute approximate surface area is 109 Å². The number of Topliss-reactive ketones (excluding diaryl/α,β-unsaturated/α-hetero) is 1. The van der Waals surface area contributed by atoms with Gasteiger partial charge in [0.1, 0.15) is 5.75 Å². The fourth-order valence-electron chi connectivity index (χ4n) is 2.09. The Morgan fingerprint density at radius 3 is 2.33 bits per heavy atom. The summed E-state index contributed by atoms with van der Waals surface area (Å²) >= 11 is 0. The Kier molecular flexibility index (Phi) is 5.86. The van der Waals surface area contributed by atoms with Crippen LogP contribution in [0.15, 0.2) is 24.3 Å². The molecule has 3 heteroatoms. The monoisotopic (exact) mass is 249 g/mol. The third-order valence-corrected chi connectivity index (χ3v) is 3.02. The van der Waals surface area contributed by atoms with E-state index in [9.17, 15) is 4.79 Å². The molecule has 0 amide bonds. The van der Waals surface area contributed by atoms with Gasteiger partial charge in [-0.2, -0.15) is 0 Å². The van der Waals surface area contributed by atoms with Crippen molar-refractivity contribution >= 4 is 5.78 Å². The molecule has 0 radical (unpaired) electrons. The van der Waals surface area contributed by atoms with Crippen LogP contribution < -0.4 is 10.5 Å². The van der Waals surface area contributed by atoms with Gasteiger partial charge in [0.15, 0.2) is 5.78 Å². The molecule has 3 nitrogen and oxygen atoms in total. The molecule has 1 unspecified atom stereocenters. The number of carbonyl (C=O) groups is 1. The second kappa shape index (κ2) is 7.17. The fraction of sp³-hybridized carbons (Fsp3) is 0.533. The Bertz CT molecular complexity index is 371. The van der Waals surface area contributed by atoms with Crippen LogP contribution in [0.1, 0.15) is 37.0 Å². The molecule has 0 aromatic heterocycles. The predicted molar refractivity (Wildman–Crippen MR) is 73.9 cm³/mol. The van der Waals surface area contributed by atoms with Crippen molar-refractivity contribution in [3.63, 3.8) is 0 Å². The van der Waals surface area contributed by atoms with Crippen LogP contribution >= 0.6 is 0 Å². The van der Waals surface area contributed by atoms with Crippen LogP contribution in [0.5, 0.6) is 5.75 Å². The first-order valence-corrected chi connectivity index (χ1v) is 6.44. The molecule has 2 N–H and O–H groups in total. The fourth-order valence-corrected chi connectivity index (χ4v) is 2.09. The van der Waals surface area contributed by atoms with Gasteiger partial charge in [0.2, 0.25) is 0 Å². The summed E-state index contributed by atoms with van der Waals surface area (Å²) in [6.07, 6.45) is 1.53. The number of carbonyl (C=O) groups excluding carboxylic acids is 1. The summed E-state index contributed by atoms with van der Waals surface area (Å²) in [5.41, 5.74) is 6.46. The minimum Gasteiger partial charge on any atom is -0.497 e. The van der Waals surface area contributed by atoms with E-state index in [4.69, 9.17) is 10.5 Å². The molecular weight excluding hydrogens is 226 g/mol. The van der Waals surface area contributed by atoms with E-state index in [1.807, 2.05) is 24.3 Å². The van der Waals surface area contributed by atoms with E-state index >= 15 is 0 Å². The number of rotatable bonds is 7.